The van der Waals surface area contributed by atoms with Crippen LogP contribution in [0.4, 0.5) is 0 Å². The summed E-state index contributed by atoms with van der Waals surface area (Å²) in [6, 6.07) is 0. The number of hydrogen-bond acceptors (Lipinski definition) is 2. The van der Waals surface area contributed by atoms with Crippen molar-refractivity contribution in [2.45, 2.75) is 19.3 Å². The first-order chi connectivity index (χ1) is 5.79. The van der Waals surface area contributed by atoms with Crippen LogP contribution in [0.5, 0.6) is 0 Å². The van der Waals surface area contributed by atoms with Crippen molar-refractivity contribution in [2.24, 2.45) is 0 Å². The lowest BCUT2D eigenvalue weighted by Gasteiger charge is -2.14. The number of rotatable bonds is 2. The first-order valence-corrected chi connectivity index (χ1v) is 4.23. The average Bonchev–Trinajstić information content (AvgIpc) is 2.09. The minimum atomic E-state index is 0.568. The van der Waals surface area contributed by atoms with E-state index in [-0.39, 0.29) is 0 Å². The van der Waals surface area contributed by atoms with E-state index in [4.69, 9.17) is 16.3 Å². The lowest BCUT2D eigenvalue weighted by molar-refractivity contribution is -0.105. The third kappa shape index (κ3) is 1.89. The van der Waals surface area contributed by atoms with E-state index < -0.39 is 0 Å². The van der Waals surface area contributed by atoms with Crippen LogP contribution in [-0.2, 0) is 9.53 Å². The van der Waals surface area contributed by atoms with E-state index >= 15 is 0 Å². The molecule has 0 heterocycles. The Kier molecular flexibility index (Phi) is 3.35. The molecule has 0 spiro atoms. The zero-order valence-corrected chi connectivity index (χ0v) is 7.73. The molecule has 0 radical (unpaired) electrons. The molecule has 0 saturated heterocycles. The molecule has 0 fully saturated rings. The second kappa shape index (κ2) is 4.31. The molecule has 12 heavy (non-hydrogen) atoms. The minimum absolute atomic E-state index is 0.568. The number of aldehydes is 1. The summed E-state index contributed by atoms with van der Waals surface area (Å²) in [7, 11) is 1.58. The van der Waals surface area contributed by atoms with Gasteiger partial charge in [0, 0.05) is 11.1 Å². The molecule has 1 aliphatic carbocycles. The van der Waals surface area contributed by atoms with Gasteiger partial charge in [-0.15, -0.1) is 0 Å². The topological polar surface area (TPSA) is 26.3 Å². The molecular formula is C9H11ClO2. The summed E-state index contributed by atoms with van der Waals surface area (Å²) in [4.78, 5) is 10.5. The number of carbonyl (C=O) groups excluding carboxylic acids is 1. The summed E-state index contributed by atoms with van der Waals surface area (Å²) in [6.45, 7) is 0. The largest absolute Gasteiger partial charge is 0.504 e. The van der Waals surface area contributed by atoms with Gasteiger partial charge in [-0.3, -0.25) is 4.79 Å². The van der Waals surface area contributed by atoms with E-state index in [1.54, 1.807) is 13.4 Å². The number of allylic oxidation sites excluding steroid dienone is 3. The van der Waals surface area contributed by atoms with Gasteiger partial charge in [0.05, 0.1) is 18.4 Å². The smallest absolute Gasteiger partial charge is 0.147 e. The van der Waals surface area contributed by atoms with Gasteiger partial charge in [-0.1, -0.05) is 11.6 Å². The van der Waals surface area contributed by atoms with Crippen molar-refractivity contribution >= 4 is 17.9 Å². The molecule has 1 rings (SSSR count). The highest BCUT2D eigenvalue weighted by Crippen LogP contribution is 2.31. The number of halogens is 1. The maximum absolute atomic E-state index is 10.5. The summed E-state index contributed by atoms with van der Waals surface area (Å²) >= 11 is 5.93. The first-order valence-electron chi connectivity index (χ1n) is 3.85. The van der Waals surface area contributed by atoms with Crippen molar-refractivity contribution in [1.29, 1.82) is 0 Å². The molecule has 0 aliphatic heterocycles. The summed E-state index contributed by atoms with van der Waals surface area (Å²) in [5.41, 5.74) is 1.61. The van der Waals surface area contributed by atoms with Gasteiger partial charge in [0.25, 0.3) is 0 Å². The molecule has 0 unspecified atom stereocenters. The lowest BCUT2D eigenvalue weighted by Crippen LogP contribution is -2.00. The molecule has 0 atom stereocenters. The van der Waals surface area contributed by atoms with Crippen molar-refractivity contribution in [3.05, 3.63) is 22.4 Å². The van der Waals surface area contributed by atoms with E-state index in [9.17, 15) is 4.79 Å². The Morgan fingerprint density at radius 3 is 2.83 bits per heavy atom. The maximum Gasteiger partial charge on any atom is 0.147 e. The van der Waals surface area contributed by atoms with E-state index in [0.717, 1.165) is 31.1 Å². The number of methoxy groups -OCH3 is 1. The Morgan fingerprint density at radius 2 is 2.25 bits per heavy atom. The van der Waals surface area contributed by atoms with E-state index in [1.807, 2.05) is 0 Å². The van der Waals surface area contributed by atoms with Crippen LogP contribution in [-0.4, -0.2) is 13.4 Å². The van der Waals surface area contributed by atoms with E-state index in [0.29, 0.717) is 10.6 Å². The fourth-order valence-corrected chi connectivity index (χ4v) is 1.54. The van der Waals surface area contributed by atoms with Crippen molar-refractivity contribution < 1.29 is 9.53 Å². The van der Waals surface area contributed by atoms with Gasteiger partial charge >= 0.3 is 0 Å². The van der Waals surface area contributed by atoms with Crippen LogP contribution >= 0.6 is 11.6 Å². The van der Waals surface area contributed by atoms with Crippen molar-refractivity contribution in [1.82, 2.24) is 0 Å². The zero-order chi connectivity index (χ0) is 8.97. The second-order valence-electron chi connectivity index (χ2n) is 2.69. The lowest BCUT2D eigenvalue weighted by atomic mass is 9.96. The van der Waals surface area contributed by atoms with Crippen LogP contribution < -0.4 is 0 Å². The Hall–Kier alpha value is -0.760. The normalized spacial score (nSPS) is 21.3. The van der Waals surface area contributed by atoms with E-state index in [1.165, 1.54) is 0 Å². The minimum Gasteiger partial charge on any atom is -0.504 e. The summed E-state index contributed by atoms with van der Waals surface area (Å²) in [5, 5.41) is 0.568. The van der Waals surface area contributed by atoms with Crippen LogP contribution in [0.25, 0.3) is 0 Å². The highest BCUT2D eigenvalue weighted by atomic mass is 35.5. The van der Waals surface area contributed by atoms with Crippen LogP contribution in [0.1, 0.15) is 19.3 Å². The molecule has 0 N–H and O–H groups in total. The quantitative estimate of drug-likeness (QED) is 0.489. The van der Waals surface area contributed by atoms with Crippen LogP contribution in [0.3, 0.4) is 0 Å². The molecular weight excluding hydrogens is 176 g/mol. The second-order valence-corrected chi connectivity index (χ2v) is 3.07. The Bertz CT molecular complexity index is 241. The maximum atomic E-state index is 10.5. The van der Waals surface area contributed by atoms with Crippen molar-refractivity contribution in [3.8, 4) is 0 Å². The van der Waals surface area contributed by atoms with Crippen molar-refractivity contribution in [3.63, 3.8) is 0 Å². The average molecular weight is 187 g/mol. The molecule has 2 nitrogen and oxygen atoms in total. The van der Waals surface area contributed by atoms with E-state index in [2.05, 4.69) is 0 Å². The highest BCUT2D eigenvalue weighted by molar-refractivity contribution is 6.33. The zero-order valence-electron chi connectivity index (χ0n) is 6.97. The molecule has 0 amide bonds. The summed E-state index contributed by atoms with van der Waals surface area (Å²) in [6.07, 6.45) is 5.07. The van der Waals surface area contributed by atoms with Gasteiger partial charge in [0.2, 0.25) is 0 Å². The predicted molar refractivity (Wildman–Crippen MR) is 47.9 cm³/mol. The van der Waals surface area contributed by atoms with Crippen LogP contribution in [0.2, 0.25) is 0 Å². The van der Waals surface area contributed by atoms with Gasteiger partial charge < -0.3 is 4.74 Å². The van der Waals surface area contributed by atoms with Crippen LogP contribution in [0.15, 0.2) is 22.4 Å². The monoisotopic (exact) mass is 186 g/mol. The standard InChI is InChI=1S/C9H11ClO2/c1-12-6-8-4-2-3-7(5-11)9(8)10/h5-6H,2-4H2,1H3/b8-6-. The number of ether oxygens (including phenoxy) is 1. The fraction of sp³-hybridized carbons (Fsp3) is 0.444. The number of hydrogen-bond donors (Lipinski definition) is 0. The van der Waals surface area contributed by atoms with Gasteiger partial charge in [0.15, 0.2) is 0 Å². The molecule has 3 heteroatoms. The SMILES string of the molecule is CO/C=C1/CCCC(C=O)=C1Cl. The Morgan fingerprint density at radius 1 is 1.50 bits per heavy atom. The molecule has 0 aromatic carbocycles. The Balaban J connectivity index is 2.92. The number of carbonyl (C=O) groups is 1. The van der Waals surface area contributed by atoms with Crippen LogP contribution in [0, 0.1) is 0 Å². The fourth-order valence-electron chi connectivity index (χ4n) is 1.26. The van der Waals surface area contributed by atoms with Gasteiger partial charge in [0.1, 0.15) is 6.29 Å². The molecule has 0 bridgehead atoms. The van der Waals surface area contributed by atoms with Gasteiger partial charge in [-0.2, -0.15) is 0 Å². The first kappa shape index (κ1) is 9.33. The third-order valence-corrected chi connectivity index (χ3v) is 2.34. The molecule has 0 aromatic rings. The molecule has 66 valence electrons. The van der Waals surface area contributed by atoms with Crippen molar-refractivity contribution in [2.75, 3.05) is 7.11 Å². The summed E-state index contributed by atoms with van der Waals surface area (Å²) in [5.74, 6) is 0. The predicted octanol–water partition coefficient (Wildman–Crippen LogP) is 2.39. The van der Waals surface area contributed by atoms with Gasteiger partial charge in [-0.05, 0) is 19.3 Å². The highest BCUT2D eigenvalue weighted by Gasteiger charge is 2.15. The van der Waals surface area contributed by atoms with Gasteiger partial charge in [-0.25, -0.2) is 0 Å². The molecule has 1 aliphatic rings. The molecule has 0 aromatic heterocycles. The Labute approximate surface area is 76.9 Å². The summed E-state index contributed by atoms with van der Waals surface area (Å²) < 4.78 is 4.85. The molecule has 0 saturated carbocycles. The third-order valence-electron chi connectivity index (χ3n) is 1.86.